The molecule has 26 heavy (non-hydrogen) atoms. The number of rotatable bonds is 5. The van der Waals surface area contributed by atoms with Crippen molar-refractivity contribution in [2.45, 2.75) is 32.9 Å². The van der Waals surface area contributed by atoms with Crippen molar-refractivity contribution in [2.75, 3.05) is 13.1 Å². The molecule has 0 bridgehead atoms. The van der Waals surface area contributed by atoms with Crippen LogP contribution < -0.4 is 16.2 Å². The van der Waals surface area contributed by atoms with E-state index in [1.165, 1.54) is 10.9 Å². The highest BCUT2D eigenvalue weighted by Crippen LogP contribution is 2.14. The van der Waals surface area contributed by atoms with Crippen molar-refractivity contribution in [3.63, 3.8) is 0 Å². The van der Waals surface area contributed by atoms with Gasteiger partial charge < -0.3 is 15.4 Å². The van der Waals surface area contributed by atoms with E-state index in [0.717, 1.165) is 4.47 Å². The number of benzene rings is 1. The average Bonchev–Trinajstić information content (AvgIpc) is 2.53. The lowest BCUT2D eigenvalue weighted by Crippen LogP contribution is -2.39. The van der Waals surface area contributed by atoms with E-state index >= 15 is 0 Å². The molecule has 2 rings (SSSR count). The molecule has 0 aliphatic heterocycles. The molecule has 0 aliphatic carbocycles. The lowest BCUT2D eigenvalue weighted by atomic mass is 10.2. The van der Waals surface area contributed by atoms with Gasteiger partial charge in [0.05, 0.1) is 17.2 Å². The SMILES string of the molecule is CC(C)(C)OC(=O)NCCNC(=O)Cn1cnc2ccc(Br)cc2c1=O. The fourth-order valence-electron chi connectivity index (χ4n) is 2.14. The summed E-state index contributed by atoms with van der Waals surface area (Å²) < 4.78 is 7.09. The van der Waals surface area contributed by atoms with Crippen LogP contribution in [-0.4, -0.2) is 40.2 Å². The summed E-state index contributed by atoms with van der Waals surface area (Å²) in [6.07, 6.45) is 0.796. The van der Waals surface area contributed by atoms with Crippen LogP contribution >= 0.6 is 15.9 Å². The molecule has 0 unspecified atom stereocenters. The van der Waals surface area contributed by atoms with E-state index < -0.39 is 11.7 Å². The number of aromatic nitrogens is 2. The number of carbonyl (C=O) groups is 2. The Labute approximate surface area is 159 Å². The molecule has 0 saturated heterocycles. The Kier molecular flexibility index (Phi) is 6.36. The van der Waals surface area contributed by atoms with E-state index in [9.17, 15) is 14.4 Å². The second-order valence-electron chi connectivity index (χ2n) is 6.62. The molecule has 0 fully saturated rings. The number of nitrogens with one attached hydrogen (secondary N) is 2. The van der Waals surface area contributed by atoms with Crippen molar-refractivity contribution in [2.24, 2.45) is 0 Å². The molecule has 2 N–H and O–H groups in total. The van der Waals surface area contributed by atoms with Gasteiger partial charge in [0, 0.05) is 17.6 Å². The first-order chi connectivity index (χ1) is 12.2. The van der Waals surface area contributed by atoms with Crippen molar-refractivity contribution >= 4 is 38.8 Å². The molecule has 2 aromatic rings. The molecule has 1 heterocycles. The van der Waals surface area contributed by atoms with E-state index in [4.69, 9.17) is 4.74 Å². The number of ether oxygens (including phenoxy) is 1. The summed E-state index contributed by atoms with van der Waals surface area (Å²) in [5, 5.41) is 5.60. The molecule has 0 aliphatic rings. The number of amides is 2. The molecule has 1 aromatic heterocycles. The van der Waals surface area contributed by atoms with E-state index in [2.05, 4.69) is 31.5 Å². The summed E-state index contributed by atoms with van der Waals surface area (Å²) in [6, 6.07) is 5.20. The fourth-order valence-corrected chi connectivity index (χ4v) is 2.50. The maximum atomic E-state index is 12.4. The highest BCUT2D eigenvalue weighted by molar-refractivity contribution is 9.10. The van der Waals surface area contributed by atoms with Crippen molar-refractivity contribution < 1.29 is 14.3 Å². The predicted octanol–water partition coefficient (Wildman–Crippen LogP) is 1.80. The van der Waals surface area contributed by atoms with Crippen LogP contribution in [0.25, 0.3) is 10.9 Å². The quantitative estimate of drug-likeness (QED) is 0.712. The van der Waals surface area contributed by atoms with Crippen LogP contribution in [0, 0.1) is 0 Å². The van der Waals surface area contributed by atoms with Crippen molar-refractivity contribution in [3.05, 3.63) is 39.4 Å². The van der Waals surface area contributed by atoms with Crippen molar-refractivity contribution in [3.8, 4) is 0 Å². The third-order valence-corrected chi connectivity index (χ3v) is 3.71. The van der Waals surface area contributed by atoms with Gasteiger partial charge in [0.25, 0.3) is 5.56 Å². The summed E-state index contributed by atoms with van der Waals surface area (Å²) in [7, 11) is 0. The van der Waals surface area contributed by atoms with Crippen LogP contribution in [0.5, 0.6) is 0 Å². The maximum absolute atomic E-state index is 12.4. The fraction of sp³-hybridized carbons (Fsp3) is 0.412. The topological polar surface area (TPSA) is 102 Å². The minimum Gasteiger partial charge on any atom is -0.444 e. The summed E-state index contributed by atoms with van der Waals surface area (Å²) in [5.74, 6) is -0.353. The number of nitrogens with zero attached hydrogens (tertiary/aromatic N) is 2. The van der Waals surface area contributed by atoms with Gasteiger partial charge in [0.2, 0.25) is 5.91 Å². The molecule has 140 valence electrons. The molecule has 1 aromatic carbocycles. The first-order valence-electron chi connectivity index (χ1n) is 8.04. The number of hydrogen-bond acceptors (Lipinski definition) is 5. The summed E-state index contributed by atoms with van der Waals surface area (Å²) in [4.78, 5) is 40.1. The molecule has 0 radical (unpaired) electrons. The van der Waals surface area contributed by atoms with Crippen LogP contribution in [0.2, 0.25) is 0 Å². The molecule has 0 atom stereocenters. The van der Waals surface area contributed by atoms with Gasteiger partial charge in [-0.2, -0.15) is 0 Å². The van der Waals surface area contributed by atoms with Crippen molar-refractivity contribution in [1.29, 1.82) is 0 Å². The van der Waals surface area contributed by atoms with Gasteiger partial charge in [-0.1, -0.05) is 15.9 Å². The summed E-state index contributed by atoms with van der Waals surface area (Å²) >= 11 is 3.31. The number of carbonyl (C=O) groups excluding carboxylic acids is 2. The first kappa shape index (κ1) is 19.9. The van der Waals surface area contributed by atoms with E-state index in [0.29, 0.717) is 10.9 Å². The standard InChI is InChI=1S/C17H21BrN4O4/c1-17(2,3)26-16(25)20-7-6-19-14(23)9-22-10-21-13-5-4-11(18)8-12(13)15(22)24/h4-5,8,10H,6-7,9H2,1-3H3,(H,19,23)(H,20,25). The molecule has 0 saturated carbocycles. The highest BCUT2D eigenvalue weighted by Gasteiger charge is 2.15. The monoisotopic (exact) mass is 424 g/mol. The predicted molar refractivity (Wildman–Crippen MR) is 101 cm³/mol. The Morgan fingerprint density at radius 3 is 2.62 bits per heavy atom. The van der Waals surface area contributed by atoms with E-state index in [-0.39, 0.29) is 31.1 Å². The van der Waals surface area contributed by atoms with E-state index in [1.807, 2.05) is 0 Å². The second-order valence-corrected chi connectivity index (χ2v) is 7.53. The van der Waals surface area contributed by atoms with Crippen LogP contribution in [-0.2, 0) is 16.1 Å². The Morgan fingerprint density at radius 2 is 1.92 bits per heavy atom. The van der Waals surface area contributed by atoms with Gasteiger partial charge in [-0.05, 0) is 39.0 Å². The Balaban J connectivity index is 1.87. The van der Waals surface area contributed by atoms with E-state index in [1.54, 1.807) is 39.0 Å². The van der Waals surface area contributed by atoms with Gasteiger partial charge in [-0.25, -0.2) is 9.78 Å². The van der Waals surface area contributed by atoms with Gasteiger partial charge in [0.15, 0.2) is 0 Å². The van der Waals surface area contributed by atoms with Crippen molar-refractivity contribution in [1.82, 2.24) is 20.2 Å². The van der Waals surface area contributed by atoms with Crippen LogP contribution in [0.1, 0.15) is 20.8 Å². The maximum Gasteiger partial charge on any atom is 0.407 e. The molecule has 8 nitrogen and oxygen atoms in total. The lowest BCUT2D eigenvalue weighted by Gasteiger charge is -2.19. The number of halogens is 1. The first-order valence-corrected chi connectivity index (χ1v) is 8.83. The zero-order valence-electron chi connectivity index (χ0n) is 14.8. The van der Waals surface area contributed by atoms with Crippen LogP contribution in [0.15, 0.2) is 33.8 Å². The minimum atomic E-state index is -0.577. The second kappa shape index (κ2) is 8.31. The Hall–Kier alpha value is -2.42. The molecular formula is C17H21BrN4O4. The summed E-state index contributed by atoms with van der Waals surface area (Å²) in [6.45, 7) is 5.59. The van der Waals surface area contributed by atoms with Gasteiger partial charge in [0.1, 0.15) is 12.1 Å². The molecule has 9 heteroatoms. The number of hydrogen-bond donors (Lipinski definition) is 2. The molecule has 0 spiro atoms. The third-order valence-electron chi connectivity index (χ3n) is 3.22. The normalized spacial score (nSPS) is 11.2. The Morgan fingerprint density at radius 1 is 1.23 bits per heavy atom. The zero-order valence-corrected chi connectivity index (χ0v) is 16.4. The smallest absolute Gasteiger partial charge is 0.407 e. The van der Waals surface area contributed by atoms with Crippen LogP contribution in [0.3, 0.4) is 0 Å². The Bertz CT molecular complexity index is 873. The van der Waals surface area contributed by atoms with Gasteiger partial charge in [-0.3, -0.25) is 14.2 Å². The third kappa shape index (κ3) is 5.83. The number of fused-ring (bicyclic) bond motifs is 1. The zero-order chi connectivity index (χ0) is 19.3. The largest absolute Gasteiger partial charge is 0.444 e. The lowest BCUT2D eigenvalue weighted by molar-refractivity contribution is -0.121. The highest BCUT2D eigenvalue weighted by atomic mass is 79.9. The minimum absolute atomic E-state index is 0.152. The molecule has 2 amide bonds. The molecular weight excluding hydrogens is 404 g/mol. The van der Waals surface area contributed by atoms with Gasteiger partial charge in [-0.15, -0.1) is 0 Å². The summed E-state index contributed by atoms with van der Waals surface area (Å²) in [5.41, 5.74) is -0.304. The number of alkyl carbamates (subject to hydrolysis) is 1. The van der Waals surface area contributed by atoms with Gasteiger partial charge >= 0.3 is 6.09 Å². The average molecular weight is 425 g/mol. The van der Waals surface area contributed by atoms with Crippen LogP contribution in [0.4, 0.5) is 4.79 Å².